The third-order valence-corrected chi connectivity index (χ3v) is 3.93. The smallest absolute Gasteiger partial charge is 0.251 e. The number of hydrogen-bond acceptors (Lipinski definition) is 3. The molecule has 1 saturated heterocycles. The second kappa shape index (κ2) is 6.75. The lowest BCUT2D eigenvalue weighted by Gasteiger charge is -2.21. The quantitative estimate of drug-likeness (QED) is 0.773. The van der Waals surface area contributed by atoms with E-state index in [1.807, 2.05) is 18.2 Å². The van der Waals surface area contributed by atoms with Crippen molar-refractivity contribution in [2.24, 2.45) is 0 Å². The summed E-state index contributed by atoms with van der Waals surface area (Å²) in [5.41, 5.74) is 2.92. The van der Waals surface area contributed by atoms with Gasteiger partial charge in [-0.05, 0) is 57.4 Å². The van der Waals surface area contributed by atoms with Crippen LogP contribution in [0, 0.1) is 6.92 Å². The molecule has 2 rings (SSSR count). The number of carbonyl (C=O) groups excluding carboxylic acids is 1. The highest BCUT2D eigenvalue weighted by molar-refractivity contribution is 5.95. The van der Waals surface area contributed by atoms with E-state index in [2.05, 4.69) is 29.8 Å². The Bertz CT molecular complexity index is 467. The van der Waals surface area contributed by atoms with E-state index in [-0.39, 0.29) is 5.91 Å². The van der Waals surface area contributed by atoms with Crippen molar-refractivity contribution in [3.8, 4) is 0 Å². The molecule has 2 unspecified atom stereocenters. The lowest BCUT2D eigenvalue weighted by Crippen LogP contribution is -2.29. The largest absolute Gasteiger partial charge is 0.382 e. The minimum Gasteiger partial charge on any atom is -0.382 e. The number of hydrogen-bond donors (Lipinski definition) is 3. The molecule has 4 nitrogen and oxygen atoms in total. The summed E-state index contributed by atoms with van der Waals surface area (Å²) in [6.45, 7) is 5.41. The van der Waals surface area contributed by atoms with Gasteiger partial charge in [0.05, 0.1) is 0 Å². The number of nitrogens with one attached hydrogen (secondary N) is 3. The molecule has 1 fully saturated rings. The molecule has 0 saturated carbocycles. The molecule has 2 atom stereocenters. The maximum Gasteiger partial charge on any atom is 0.251 e. The molecule has 20 heavy (non-hydrogen) atoms. The Labute approximate surface area is 121 Å². The molecule has 0 bridgehead atoms. The predicted octanol–water partition coefficient (Wildman–Crippen LogP) is 2.30. The van der Waals surface area contributed by atoms with Gasteiger partial charge in [-0.1, -0.05) is 6.07 Å². The van der Waals surface area contributed by atoms with Crippen LogP contribution in [0.2, 0.25) is 0 Å². The highest BCUT2D eigenvalue weighted by Gasteiger charge is 2.17. The van der Waals surface area contributed by atoms with Crippen LogP contribution in [0.3, 0.4) is 0 Å². The summed E-state index contributed by atoms with van der Waals surface area (Å²) >= 11 is 0. The topological polar surface area (TPSA) is 53.2 Å². The Morgan fingerprint density at radius 1 is 1.50 bits per heavy atom. The Hall–Kier alpha value is -1.55. The Morgan fingerprint density at radius 3 is 2.95 bits per heavy atom. The summed E-state index contributed by atoms with van der Waals surface area (Å²) in [5, 5.41) is 9.72. The summed E-state index contributed by atoms with van der Waals surface area (Å²) in [5.74, 6) is -0.0434. The highest BCUT2D eigenvalue weighted by atomic mass is 16.1. The van der Waals surface area contributed by atoms with E-state index in [0.29, 0.717) is 17.6 Å². The van der Waals surface area contributed by atoms with E-state index in [1.165, 1.54) is 18.4 Å². The normalized spacial score (nSPS) is 19.6. The first kappa shape index (κ1) is 14.9. The van der Waals surface area contributed by atoms with Crippen molar-refractivity contribution in [1.29, 1.82) is 0 Å². The van der Waals surface area contributed by atoms with Gasteiger partial charge >= 0.3 is 0 Å². The monoisotopic (exact) mass is 275 g/mol. The maximum atomic E-state index is 11.7. The van der Waals surface area contributed by atoms with Crippen molar-refractivity contribution in [1.82, 2.24) is 10.6 Å². The van der Waals surface area contributed by atoms with Gasteiger partial charge in [0.1, 0.15) is 0 Å². The minimum absolute atomic E-state index is 0.0434. The van der Waals surface area contributed by atoms with Crippen LogP contribution < -0.4 is 16.0 Å². The van der Waals surface area contributed by atoms with Gasteiger partial charge in [-0.25, -0.2) is 0 Å². The molecule has 1 aliphatic rings. The molecule has 1 amide bonds. The molecule has 0 radical (unpaired) electrons. The third kappa shape index (κ3) is 3.73. The lowest BCUT2D eigenvalue weighted by atomic mass is 10.0. The molecule has 0 spiro atoms. The Morgan fingerprint density at radius 2 is 2.30 bits per heavy atom. The second-order valence-corrected chi connectivity index (χ2v) is 5.68. The number of carbonyl (C=O) groups is 1. The molecular formula is C16H25N3O. The van der Waals surface area contributed by atoms with E-state index in [1.54, 1.807) is 7.05 Å². The molecule has 1 heterocycles. The van der Waals surface area contributed by atoms with Crippen LogP contribution in [0.15, 0.2) is 18.2 Å². The van der Waals surface area contributed by atoms with Crippen LogP contribution in [0.4, 0.5) is 5.69 Å². The number of aryl methyl sites for hydroxylation is 1. The molecule has 0 aromatic heterocycles. The predicted molar refractivity (Wildman–Crippen MR) is 83.3 cm³/mol. The molecule has 0 aliphatic carbocycles. The van der Waals surface area contributed by atoms with Gasteiger partial charge < -0.3 is 16.0 Å². The Balaban J connectivity index is 2.01. The van der Waals surface area contributed by atoms with Gasteiger partial charge in [0.25, 0.3) is 5.91 Å². The minimum atomic E-state index is -0.0434. The summed E-state index contributed by atoms with van der Waals surface area (Å²) in [6, 6.07) is 6.81. The van der Waals surface area contributed by atoms with Crippen molar-refractivity contribution in [3.05, 3.63) is 29.3 Å². The van der Waals surface area contributed by atoms with Crippen LogP contribution in [0.25, 0.3) is 0 Å². The molecule has 1 aromatic carbocycles. The van der Waals surface area contributed by atoms with Gasteiger partial charge in [0, 0.05) is 30.4 Å². The zero-order chi connectivity index (χ0) is 14.5. The fourth-order valence-corrected chi connectivity index (χ4v) is 2.77. The van der Waals surface area contributed by atoms with Crippen LogP contribution in [-0.4, -0.2) is 31.6 Å². The van der Waals surface area contributed by atoms with Gasteiger partial charge in [0.2, 0.25) is 0 Å². The zero-order valence-corrected chi connectivity index (χ0v) is 12.6. The van der Waals surface area contributed by atoms with Gasteiger partial charge in [-0.2, -0.15) is 0 Å². The van der Waals surface area contributed by atoms with E-state index < -0.39 is 0 Å². The summed E-state index contributed by atoms with van der Waals surface area (Å²) in [4.78, 5) is 11.7. The number of benzene rings is 1. The van der Waals surface area contributed by atoms with Crippen molar-refractivity contribution in [2.75, 3.05) is 18.9 Å². The number of amides is 1. The first-order chi connectivity index (χ1) is 9.60. The summed E-state index contributed by atoms with van der Waals surface area (Å²) in [6.07, 6.45) is 3.66. The van der Waals surface area contributed by atoms with E-state index in [9.17, 15) is 4.79 Å². The standard InChI is InChI=1S/C16H25N3O/c1-11-6-7-13(16(20)17-3)10-15(11)19-12(2)9-14-5-4-8-18-14/h6-7,10,12,14,18-19H,4-5,8-9H2,1-3H3,(H,17,20). The van der Waals surface area contributed by atoms with Crippen LogP contribution in [0.5, 0.6) is 0 Å². The Kier molecular flexibility index (Phi) is 5.01. The van der Waals surface area contributed by atoms with Crippen molar-refractivity contribution in [3.63, 3.8) is 0 Å². The molecular weight excluding hydrogens is 250 g/mol. The molecule has 1 aliphatic heterocycles. The van der Waals surface area contributed by atoms with Crippen molar-refractivity contribution < 1.29 is 4.79 Å². The molecule has 3 N–H and O–H groups in total. The van der Waals surface area contributed by atoms with Crippen LogP contribution >= 0.6 is 0 Å². The average Bonchev–Trinajstić information content (AvgIpc) is 2.93. The van der Waals surface area contributed by atoms with Gasteiger partial charge in [-0.3, -0.25) is 4.79 Å². The van der Waals surface area contributed by atoms with E-state index >= 15 is 0 Å². The fourth-order valence-electron chi connectivity index (χ4n) is 2.77. The SMILES string of the molecule is CNC(=O)c1ccc(C)c(NC(C)CC2CCCN2)c1. The number of anilines is 1. The van der Waals surface area contributed by atoms with Crippen LogP contribution in [-0.2, 0) is 0 Å². The van der Waals surface area contributed by atoms with E-state index in [0.717, 1.165) is 18.7 Å². The van der Waals surface area contributed by atoms with E-state index in [4.69, 9.17) is 0 Å². The van der Waals surface area contributed by atoms with Crippen molar-refractivity contribution in [2.45, 2.75) is 45.2 Å². The van der Waals surface area contributed by atoms with Crippen LogP contribution in [0.1, 0.15) is 42.1 Å². The lowest BCUT2D eigenvalue weighted by molar-refractivity contribution is 0.0963. The number of rotatable bonds is 5. The maximum absolute atomic E-state index is 11.7. The fraction of sp³-hybridized carbons (Fsp3) is 0.562. The summed E-state index contributed by atoms with van der Waals surface area (Å²) in [7, 11) is 1.66. The second-order valence-electron chi connectivity index (χ2n) is 5.68. The van der Waals surface area contributed by atoms with Gasteiger partial charge in [-0.15, -0.1) is 0 Å². The van der Waals surface area contributed by atoms with Gasteiger partial charge in [0.15, 0.2) is 0 Å². The average molecular weight is 275 g/mol. The molecule has 1 aromatic rings. The molecule has 110 valence electrons. The third-order valence-electron chi connectivity index (χ3n) is 3.93. The molecule has 4 heteroatoms. The first-order valence-corrected chi connectivity index (χ1v) is 7.43. The highest BCUT2D eigenvalue weighted by Crippen LogP contribution is 2.20. The first-order valence-electron chi connectivity index (χ1n) is 7.43. The van der Waals surface area contributed by atoms with Crippen molar-refractivity contribution >= 4 is 11.6 Å². The zero-order valence-electron chi connectivity index (χ0n) is 12.6. The summed E-state index contributed by atoms with van der Waals surface area (Å²) < 4.78 is 0.